The summed E-state index contributed by atoms with van der Waals surface area (Å²) < 4.78 is 27.3. The van der Waals surface area contributed by atoms with Gasteiger partial charge in [0.2, 0.25) is 10.0 Å². The number of sulfonamides is 1. The number of nitrogens with one attached hydrogen (secondary N) is 1. The van der Waals surface area contributed by atoms with E-state index >= 15 is 0 Å². The lowest BCUT2D eigenvalue weighted by Crippen LogP contribution is -2.41. The number of rotatable bonds is 5. The highest BCUT2D eigenvalue weighted by atomic mass is 32.2. The maximum absolute atomic E-state index is 12.8. The summed E-state index contributed by atoms with van der Waals surface area (Å²) in [6.45, 7) is 1.33. The molecule has 7 heteroatoms. The second kappa shape index (κ2) is 6.07. The molecule has 20 heavy (non-hydrogen) atoms. The summed E-state index contributed by atoms with van der Waals surface area (Å²) in [5.41, 5.74) is 0. The largest absolute Gasteiger partial charge is 0.372 e. The number of anilines is 1. The van der Waals surface area contributed by atoms with Gasteiger partial charge >= 0.3 is 0 Å². The number of aromatic nitrogens is 1. The second-order valence-corrected chi connectivity index (χ2v) is 7.13. The number of pyridine rings is 1. The Hall–Kier alpha value is -1.18. The molecule has 1 N–H and O–H groups in total. The maximum atomic E-state index is 12.8. The van der Waals surface area contributed by atoms with Crippen molar-refractivity contribution in [2.45, 2.75) is 23.8 Å². The summed E-state index contributed by atoms with van der Waals surface area (Å²) in [7, 11) is 2.12. The van der Waals surface area contributed by atoms with Crippen molar-refractivity contribution in [3.63, 3.8) is 0 Å². The molecule has 0 aromatic carbocycles. The molecule has 1 aliphatic heterocycles. The maximum Gasteiger partial charge on any atom is 0.247 e. The molecule has 1 saturated heterocycles. The highest BCUT2D eigenvalue weighted by Crippen LogP contribution is 2.29. The second-order valence-electron chi connectivity index (χ2n) is 5.27. The van der Waals surface area contributed by atoms with E-state index in [0.29, 0.717) is 12.4 Å². The van der Waals surface area contributed by atoms with E-state index < -0.39 is 10.0 Å². The van der Waals surface area contributed by atoms with Gasteiger partial charge in [0.25, 0.3) is 0 Å². The van der Waals surface area contributed by atoms with Crippen LogP contribution in [0.5, 0.6) is 0 Å². The van der Waals surface area contributed by atoms with Crippen LogP contribution in [-0.4, -0.2) is 62.9 Å². The standard InChI is InChI=1S/C13H22N4O2S/c1-14-13-12(7-4-8-15-13)20(18,19)17-9-5-6-11(17)10-16(2)3/h4,7-8,11H,5-6,9-10H2,1-3H3,(H,14,15). The van der Waals surface area contributed by atoms with Gasteiger partial charge in [0.15, 0.2) is 0 Å². The van der Waals surface area contributed by atoms with Crippen molar-refractivity contribution < 1.29 is 8.42 Å². The molecule has 1 atom stereocenters. The lowest BCUT2D eigenvalue weighted by atomic mass is 10.2. The third-order valence-electron chi connectivity index (χ3n) is 3.49. The van der Waals surface area contributed by atoms with Crippen LogP contribution in [0.15, 0.2) is 23.2 Å². The van der Waals surface area contributed by atoms with E-state index in [1.54, 1.807) is 29.7 Å². The van der Waals surface area contributed by atoms with Crippen LogP contribution in [0.25, 0.3) is 0 Å². The Balaban J connectivity index is 2.34. The highest BCUT2D eigenvalue weighted by molar-refractivity contribution is 7.89. The molecule has 6 nitrogen and oxygen atoms in total. The van der Waals surface area contributed by atoms with Crippen molar-refractivity contribution in [2.75, 3.05) is 39.5 Å². The summed E-state index contributed by atoms with van der Waals surface area (Å²) in [4.78, 5) is 6.38. The first-order valence-electron chi connectivity index (χ1n) is 6.76. The van der Waals surface area contributed by atoms with Crippen LogP contribution in [-0.2, 0) is 10.0 Å². The average Bonchev–Trinajstić information content (AvgIpc) is 2.86. The Bertz CT molecular complexity index is 559. The molecule has 0 spiro atoms. The number of hydrogen-bond acceptors (Lipinski definition) is 5. The first-order valence-corrected chi connectivity index (χ1v) is 8.20. The minimum Gasteiger partial charge on any atom is -0.372 e. The van der Waals surface area contributed by atoms with E-state index in [-0.39, 0.29) is 10.9 Å². The molecule has 2 rings (SSSR count). The quantitative estimate of drug-likeness (QED) is 0.872. The van der Waals surface area contributed by atoms with E-state index in [9.17, 15) is 8.42 Å². The zero-order chi connectivity index (χ0) is 14.8. The van der Waals surface area contributed by atoms with Crippen LogP contribution in [0.1, 0.15) is 12.8 Å². The molecule has 2 heterocycles. The molecule has 112 valence electrons. The molecule has 1 aliphatic rings. The fraction of sp³-hybridized carbons (Fsp3) is 0.615. The number of hydrogen-bond donors (Lipinski definition) is 1. The minimum atomic E-state index is -3.49. The van der Waals surface area contributed by atoms with Gasteiger partial charge in [0, 0.05) is 32.4 Å². The molecule has 0 bridgehead atoms. The van der Waals surface area contributed by atoms with Gasteiger partial charge in [-0.05, 0) is 39.1 Å². The van der Waals surface area contributed by atoms with Gasteiger partial charge in [-0.3, -0.25) is 0 Å². The Labute approximate surface area is 120 Å². The number of nitrogens with zero attached hydrogens (tertiary/aromatic N) is 3. The van der Waals surface area contributed by atoms with E-state index in [0.717, 1.165) is 19.4 Å². The van der Waals surface area contributed by atoms with Crippen LogP contribution in [0, 0.1) is 0 Å². The molecule has 0 aliphatic carbocycles. The van der Waals surface area contributed by atoms with Crippen molar-refractivity contribution in [3.05, 3.63) is 18.3 Å². The van der Waals surface area contributed by atoms with Crippen LogP contribution < -0.4 is 5.32 Å². The van der Waals surface area contributed by atoms with Crippen molar-refractivity contribution >= 4 is 15.8 Å². The zero-order valence-corrected chi connectivity index (χ0v) is 13.0. The normalized spacial score (nSPS) is 20.5. The predicted octanol–water partition coefficient (Wildman–Crippen LogP) is 0.838. The lowest BCUT2D eigenvalue weighted by Gasteiger charge is -2.26. The molecule has 0 amide bonds. The molecule has 0 radical (unpaired) electrons. The fourth-order valence-corrected chi connectivity index (χ4v) is 4.48. The summed E-state index contributed by atoms with van der Waals surface area (Å²) >= 11 is 0. The summed E-state index contributed by atoms with van der Waals surface area (Å²) in [5.74, 6) is 0.406. The van der Waals surface area contributed by atoms with Crippen molar-refractivity contribution in [1.82, 2.24) is 14.2 Å². The Morgan fingerprint density at radius 2 is 2.25 bits per heavy atom. The molecule has 0 saturated carbocycles. The van der Waals surface area contributed by atoms with Crippen LogP contribution in [0.2, 0.25) is 0 Å². The van der Waals surface area contributed by atoms with Gasteiger partial charge in [0.05, 0.1) is 0 Å². The topological polar surface area (TPSA) is 65.5 Å². The molecule has 1 aromatic heterocycles. The summed E-state index contributed by atoms with van der Waals surface area (Å²) in [5, 5.41) is 2.85. The monoisotopic (exact) mass is 298 g/mol. The van der Waals surface area contributed by atoms with Gasteiger partial charge in [-0.1, -0.05) is 0 Å². The van der Waals surface area contributed by atoms with Crippen LogP contribution >= 0.6 is 0 Å². The summed E-state index contributed by atoms with van der Waals surface area (Å²) in [6, 6.07) is 3.31. The molecular weight excluding hydrogens is 276 g/mol. The summed E-state index contributed by atoms with van der Waals surface area (Å²) in [6.07, 6.45) is 3.41. The van der Waals surface area contributed by atoms with Crippen molar-refractivity contribution in [3.8, 4) is 0 Å². The van der Waals surface area contributed by atoms with Gasteiger partial charge < -0.3 is 10.2 Å². The van der Waals surface area contributed by atoms with Gasteiger partial charge in [-0.15, -0.1) is 0 Å². The average molecular weight is 298 g/mol. The first-order chi connectivity index (χ1) is 9.46. The third-order valence-corrected chi connectivity index (χ3v) is 5.48. The fourth-order valence-electron chi connectivity index (χ4n) is 2.64. The molecule has 1 unspecified atom stereocenters. The van der Waals surface area contributed by atoms with Gasteiger partial charge in [-0.2, -0.15) is 4.31 Å². The van der Waals surface area contributed by atoms with E-state index in [2.05, 4.69) is 10.3 Å². The lowest BCUT2D eigenvalue weighted by molar-refractivity contribution is 0.291. The SMILES string of the molecule is CNc1ncccc1S(=O)(=O)N1CCCC1CN(C)C. The Morgan fingerprint density at radius 3 is 2.90 bits per heavy atom. The van der Waals surface area contributed by atoms with Gasteiger partial charge in [0.1, 0.15) is 10.7 Å². The van der Waals surface area contributed by atoms with E-state index in [4.69, 9.17) is 0 Å². The molecular formula is C13H22N4O2S. The molecule has 1 aromatic rings. The highest BCUT2D eigenvalue weighted by Gasteiger charge is 2.36. The molecule has 1 fully saturated rings. The Morgan fingerprint density at radius 1 is 1.50 bits per heavy atom. The minimum absolute atomic E-state index is 0.0416. The van der Waals surface area contributed by atoms with Crippen molar-refractivity contribution in [1.29, 1.82) is 0 Å². The van der Waals surface area contributed by atoms with E-state index in [1.165, 1.54) is 0 Å². The van der Waals surface area contributed by atoms with Crippen LogP contribution in [0.3, 0.4) is 0 Å². The third kappa shape index (κ3) is 2.94. The predicted molar refractivity (Wildman–Crippen MR) is 79.3 cm³/mol. The van der Waals surface area contributed by atoms with Crippen LogP contribution in [0.4, 0.5) is 5.82 Å². The Kier molecular flexibility index (Phi) is 4.62. The number of likely N-dealkylation sites (N-methyl/N-ethyl adjacent to an activating group) is 1. The first kappa shape index (κ1) is 15.2. The van der Waals surface area contributed by atoms with Crippen molar-refractivity contribution in [2.24, 2.45) is 0 Å². The van der Waals surface area contributed by atoms with Gasteiger partial charge in [-0.25, -0.2) is 13.4 Å². The smallest absolute Gasteiger partial charge is 0.247 e. The van der Waals surface area contributed by atoms with E-state index in [1.807, 2.05) is 19.0 Å². The zero-order valence-electron chi connectivity index (χ0n) is 12.2.